The molecule has 0 aliphatic heterocycles. The molecular formula is C12H24N2O3S. The summed E-state index contributed by atoms with van der Waals surface area (Å²) < 4.78 is 4.53. The number of carbonyl (C=O) groups excluding carboxylic acids is 2. The smallest absolute Gasteiger partial charge is 0.322 e. The molecule has 2 unspecified atom stereocenters. The van der Waals surface area contributed by atoms with Gasteiger partial charge in [-0.05, 0) is 25.0 Å². The van der Waals surface area contributed by atoms with Crippen LogP contribution in [0.5, 0.6) is 0 Å². The van der Waals surface area contributed by atoms with Crippen molar-refractivity contribution in [1.29, 1.82) is 0 Å². The molecule has 0 rings (SSSR count). The van der Waals surface area contributed by atoms with Crippen molar-refractivity contribution in [1.82, 2.24) is 5.32 Å². The van der Waals surface area contributed by atoms with Crippen LogP contribution >= 0.6 is 11.8 Å². The van der Waals surface area contributed by atoms with E-state index in [9.17, 15) is 9.59 Å². The first kappa shape index (κ1) is 17.2. The Balaban J connectivity index is 3.79. The number of amides is 1. The lowest BCUT2D eigenvalue weighted by Crippen LogP contribution is -2.35. The van der Waals surface area contributed by atoms with Gasteiger partial charge in [-0.3, -0.25) is 9.59 Å². The van der Waals surface area contributed by atoms with Gasteiger partial charge in [0.2, 0.25) is 5.91 Å². The molecular weight excluding hydrogens is 252 g/mol. The first-order valence-corrected chi connectivity index (χ1v) is 7.16. The summed E-state index contributed by atoms with van der Waals surface area (Å²) in [5, 5.41) is 2.74. The molecule has 1 amide bonds. The van der Waals surface area contributed by atoms with Crippen molar-refractivity contribution < 1.29 is 14.3 Å². The molecule has 18 heavy (non-hydrogen) atoms. The number of methoxy groups -OCH3 is 1. The van der Waals surface area contributed by atoms with Gasteiger partial charge in [-0.1, -0.05) is 13.8 Å². The molecule has 106 valence electrons. The quantitative estimate of drug-likeness (QED) is 0.640. The Hall–Kier alpha value is -0.750. The van der Waals surface area contributed by atoms with E-state index in [1.54, 1.807) is 0 Å². The van der Waals surface area contributed by atoms with E-state index in [0.29, 0.717) is 24.6 Å². The van der Waals surface area contributed by atoms with Crippen molar-refractivity contribution in [2.24, 2.45) is 11.7 Å². The van der Waals surface area contributed by atoms with E-state index in [0.717, 1.165) is 0 Å². The topological polar surface area (TPSA) is 81.4 Å². The number of esters is 1. The largest absolute Gasteiger partial charge is 0.468 e. The zero-order valence-corrected chi connectivity index (χ0v) is 12.4. The van der Waals surface area contributed by atoms with Crippen LogP contribution in [-0.2, 0) is 14.3 Å². The van der Waals surface area contributed by atoms with Crippen molar-refractivity contribution in [3.8, 4) is 0 Å². The molecule has 0 aliphatic rings. The van der Waals surface area contributed by atoms with Crippen LogP contribution < -0.4 is 11.1 Å². The highest BCUT2D eigenvalue weighted by Crippen LogP contribution is 2.13. The molecule has 0 bridgehead atoms. The van der Waals surface area contributed by atoms with Crippen LogP contribution in [0.1, 0.15) is 27.2 Å². The maximum atomic E-state index is 11.7. The lowest BCUT2D eigenvalue weighted by Gasteiger charge is -2.14. The van der Waals surface area contributed by atoms with Crippen LogP contribution in [0.25, 0.3) is 0 Å². The molecule has 0 aromatic heterocycles. The fourth-order valence-electron chi connectivity index (χ4n) is 1.17. The minimum Gasteiger partial charge on any atom is -0.468 e. The van der Waals surface area contributed by atoms with Crippen LogP contribution in [0.15, 0.2) is 0 Å². The highest BCUT2D eigenvalue weighted by molar-refractivity contribution is 8.00. The molecule has 0 aromatic rings. The van der Waals surface area contributed by atoms with Crippen LogP contribution in [0.3, 0.4) is 0 Å². The van der Waals surface area contributed by atoms with Crippen molar-refractivity contribution in [3.63, 3.8) is 0 Å². The highest BCUT2D eigenvalue weighted by atomic mass is 32.2. The standard InChI is InChI=1S/C12H24N2O3S/c1-8(2)7-14-11(15)9(3)18-6-5-10(13)12(16)17-4/h8-10H,5-7,13H2,1-4H3,(H,14,15). The predicted octanol–water partition coefficient (Wildman–Crippen LogP) is 0.771. The van der Waals surface area contributed by atoms with Crippen molar-refractivity contribution in [2.45, 2.75) is 38.5 Å². The predicted molar refractivity (Wildman–Crippen MR) is 74.4 cm³/mol. The first-order chi connectivity index (χ1) is 8.38. The monoisotopic (exact) mass is 276 g/mol. The number of nitrogens with two attached hydrogens (primary N) is 1. The van der Waals surface area contributed by atoms with Crippen LogP contribution in [0, 0.1) is 5.92 Å². The van der Waals surface area contributed by atoms with E-state index in [1.807, 2.05) is 20.8 Å². The van der Waals surface area contributed by atoms with E-state index < -0.39 is 12.0 Å². The zero-order chi connectivity index (χ0) is 14.1. The van der Waals surface area contributed by atoms with Crippen molar-refractivity contribution >= 4 is 23.6 Å². The van der Waals surface area contributed by atoms with Gasteiger partial charge in [0.15, 0.2) is 0 Å². The minimum absolute atomic E-state index is 0.0281. The summed E-state index contributed by atoms with van der Waals surface area (Å²) in [4.78, 5) is 22.7. The van der Waals surface area contributed by atoms with E-state index in [2.05, 4.69) is 10.1 Å². The Morgan fingerprint density at radius 3 is 2.44 bits per heavy atom. The van der Waals surface area contributed by atoms with Gasteiger partial charge in [-0.25, -0.2) is 0 Å². The average molecular weight is 276 g/mol. The van der Waals surface area contributed by atoms with Crippen molar-refractivity contribution in [2.75, 3.05) is 19.4 Å². The third kappa shape index (κ3) is 7.55. The third-order valence-electron chi connectivity index (χ3n) is 2.35. The molecule has 3 N–H and O–H groups in total. The molecule has 0 aromatic carbocycles. The summed E-state index contributed by atoms with van der Waals surface area (Å²) in [7, 11) is 1.32. The number of thioether (sulfide) groups is 1. The molecule has 0 spiro atoms. The van der Waals surface area contributed by atoms with Crippen molar-refractivity contribution in [3.05, 3.63) is 0 Å². The first-order valence-electron chi connectivity index (χ1n) is 6.11. The van der Waals surface area contributed by atoms with Gasteiger partial charge in [0.05, 0.1) is 12.4 Å². The van der Waals surface area contributed by atoms with Crippen LogP contribution in [-0.4, -0.2) is 42.6 Å². The zero-order valence-electron chi connectivity index (χ0n) is 11.6. The number of hydrogen-bond donors (Lipinski definition) is 2. The third-order valence-corrected chi connectivity index (χ3v) is 3.54. The molecule has 0 heterocycles. The summed E-state index contributed by atoms with van der Waals surface area (Å²) in [5.41, 5.74) is 5.60. The number of nitrogens with one attached hydrogen (secondary N) is 1. The Kier molecular flexibility index (Phi) is 8.83. The lowest BCUT2D eigenvalue weighted by molar-refractivity contribution is -0.142. The second kappa shape index (κ2) is 9.22. The fraction of sp³-hybridized carbons (Fsp3) is 0.833. The summed E-state index contributed by atoms with van der Waals surface area (Å²) in [5.74, 6) is 0.721. The van der Waals surface area contributed by atoms with Gasteiger partial charge in [0.1, 0.15) is 6.04 Å². The Morgan fingerprint density at radius 1 is 1.33 bits per heavy atom. The van der Waals surface area contributed by atoms with Gasteiger partial charge in [-0.2, -0.15) is 0 Å². The molecule has 0 radical (unpaired) electrons. The van der Waals surface area contributed by atoms with E-state index in [4.69, 9.17) is 5.73 Å². The van der Waals surface area contributed by atoms with Crippen LogP contribution in [0.4, 0.5) is 0 Å². The van der Waals surface area contributed by atoms with Gasteiger partial charge in [0.25, 0.3) is 0 Å². The second-order valence-corrected chi connectivity index (χ2v) is 6.02. The molecule has 0 aliphatic carbocycles. The Labute approximate surface area is 113 Å². The molecule has 2 atom stereocenters. The number of hydrogen-bond acceptors (Lipinski definition) is 5. The second-order valence-electron chi connectivity index (χ2n) is 4.57. The summed E-state index contributed by atoms with van der Waals surface area (Å²) in [6.07, 6.45) is 0.513. The van der Waals surface area contributed by atoms with Crippen LogP contribution in [0.2, 0.25) is 0 Å². The normalized spacial score (nSPS) is 14.1. The molecule has 0 saturated heterocycles. The summed E-state index contributed by atoms with van der Waals surface area (Å²) in [6, 6.07) is -0.603. The minimum atomic E-state index is -0.603. The summed E-state index contributed by atoms with van der Waals surface area (Å²) in [6.45, 7) is 6.64. The Morgan fingerprint density at radius 2 is 1.94 bits per heavy atom. The highest BCUT2D eigenvalue weighted by Gasteiger charge is 2.16. The Bertz CT molecular complexity index is 272. The van der Waals surface area contributed by atoms with Gasteiger partial charge >= 0.3 is 5.97 Å². The molecule has 6 heteroatoms. The lowest BCUT2D eigenvalue weighted by atomic mass is 10.2. The molecule has 0 fully saturated rings. The summed E-state index contributed by atoms with van der Waals surface area (Å²) >= 11 is 1.49. The maximum absolute atomic E-state index is 11.7. The van der Waals surface area contributed by atoms with E-state index >= 15 is 0 Å². The molecule has 5 nitrogen and oxygen atoms in total. The van der Waals surface area contributed by atoms with Gasteiger partial charge in [-0.15, -0.1) is 11.8 Å². The maximum Gasteiger partial charge on any atom is 0.322 e. The van der Waals surface area contributed by atoms with Gasteiger partial charge < -0.3 is 15.8 Å². The number of ether oxygens (including phenoxy) is 1. The fourth-order valence-corrected chi connectivity index (χ4v) is 2.14. The number of carbonyl (C=O) groups is 2. The number of rotatable bonds is 8. The van der Waals surface area contributed by atoms with Gasteiger partial charge in [0, 0.05) is 6.54 Å². The SMILES string of the molecule is COC(=O)C(N)CCSC(C)C(=O)NCC(C)C. The van der Waals surface area contributed by atoms with E-state index in [1.165, 1.54) is 18.9 Å². The van der Waals surface area contributed by atoms with E-state index in [-0.39, 0.29) is 11.2 Å². The molecule has 0 saturated carbocycles. The average Bonchev–Trinajstić information content (AvgIpc) is 2.34.